The number of rotatable bonds is 6. The number of benzene rings is 2. The van der Waals surface area contributed by atoms with E-state index in [1.165, 1.54) is 4.57 Å². The quantitative estimate of drug-likeness (QED) is 0.701. The van der Waals surface area contributed by atoms with Gasteiger partial charge in [-0.1, -0.05) is 18.2 Å². The van der Waals surface area contributed by atoms with Crippen LogP contribution >= 0.6 is 0 Å². The lowest BCUT2D eigenvalue weighted by Gasteiger charge is -2.07. The predicted octanol–water partition coefficient (Wildman–Crippen LogP) is 2.72. The molecule has 0 aliphatic heterocycles. The Labute approximate surface area is 144 Å². The number of hydrogen-bond donors (Lipinski definition) is 1. The average molecular weight is 338 g/mol. The minimum atomic E-state index is -0.469. The zero-order valence-electron chi connectivity index (χ0n) is 13.8. The minimum Gasteiger partial charge on any atom is -0.497 e. The largest absolute Gasteiger partial charge is 0.497 e. The number of nitrogens with zero attached hydrogens (tertiary/aromatic N) is 1. The molecule has 0 saturated carbocycles. The second-order valence-corrected chi connectivity index (χ2v) is 5.48. The van der Waals surface area contributed by atoms with Crippen LogP contribution in [-0.2, 0) is 13.1 Å². The summed E-state index contributed by atoms with van der Waals surface area (Å²) >= 11 is 0. The van der Waals surface area contributed by atoms with Crippen molar-refractivity contribution in [3.05, 3.63) is 76.8 Å². The maximum atomic E-state index is 12.4. The van der Waals surface area contributed by atoms with Crippen molar-refractivity contribution in [2.75, 3.05) is 7.11 Å². The fraction of sp³-hybridized carbons (Fsp3) is 0.158. The van der Waals surface area contributed by atoms with Crippen molar-refractivity contribution in [2.24, 2.45) is 0 Å². The summed E-state index contributed by atoms with van der Waals surface area (Å²) in [6.07, 6.45) is 1.60. The number of aromatic nitrogens is 1. The van der Waals surface area contributed by atoms with E-state index in [-0.39, 0.29) is 5.91 Å². The summed E-state index contributed by atoms with van der Waals surface area (Å²) in [5.74, 6) is 0.0346. The van der Waals surface area contributed by atoms with E-state index in [2.05, 4.69) is 11.9 Å². The van der Waals surface area contributed by atoms with Gasteiger partial charge in [-0.05, 0) is 35.9 Å². The first kappa shape index (κ1) is 16.6. The molecule has 0 unspecified atom stereocenters. The van der Waals surface area contributed by atoms with Gasteiger partial charge in [0.05, 0.1) is 12.6 Å². The Hall–Kier alpha value is -3.28. The molecule has 0 saturated heterocycles. The summed E-state index contributed by atoms with van der Waals surface area (Å²) in [6, 6.07) is 12.4. The average Bonchev–Trinajstić information content (AvgIpc) is 2.95. The maximum Gasteiger partial charge on any atom is 0.420 e. The summed E-state index contributed by atoms with van der Waals surface area (Å²) in [6.45, 7) is 4.32. The van der Waals surface area contributed by atoms with Crippen molar-refractivity contribution in [3.8, 4) is 5.75 Å². The molecule has 0 fully saturated rings. The third-order valence-corrected chi connectivity index (χ3v) is 3.83. The molecule has 1 heterocycles. The molecule has 1 N–H and O–H groups in total. The molecule has 0 aliphatic rings. The van der Waals surface area contributed by atoms with Gasteiger partial charge in [-0.2, -0.15) is 0 Å². The van der Waals surface area contributed by atoms with Crippen molar-refractivity contribution >= 4 is 17.0 Å². The van der Waals surface area contributed by atoms with Gasteiger partial charge >= 0.3 is 5.76 Å². The van der Waals surface area contributed by atoms with Gasteiger partial charge in [0.2, 0.25) is 0 Å². The van der Waals surface area contributed by atoms with Crippen molar-refractivity contribution in [1.29, 1.82) is 0 Å². The number of fused-ring (bicyclic) bond motifs is 1. The highest BCUT2D eigenvalue weighted by molar-refractivity contribution is 5.97. The Morgan fingerprint density at radius 1 is 1.32 bits per heavy atom. The van der Waals surface area contributed by atoms with Gasteiger partial charge in [-0.15, -0.1) is 6.58 Å². The summed E-state index contributed by atoms with van der Waals surface area (Å²) in [7, 11) is 1.60. The summed E-state index contributed by atoms with van der Waals surface area (Å²) < 4.78 is 11.8. The van der Waals surface area contributed by atoms with Crippen molar-refractivity contribution in [3.63, 3.8) is 0 Å². The number of oxazole rings is 1. The smallest absolute Gasteiger partial charge is 0.420 e. The van der Waals surface area contributed by atoms with E-state index < -0.39 is 5.76 Å². The molecule has 1 amide bonds. The van der Waals surface area contributed by atoms with Crippen LogP contribution in [0.15, 0.2) is 64.3 Å². The summed E-state index contributed by atoms with van der Waals surface area (Å²) in [4.78, 5) is 24.2. The standard InChI is InChI=1S/C19H18N2O4/c1-3-9-21-16-11-14(7-8-17(16)25-19(21)23)18(22)20-12-13-5-4-6-15(10-13)24-2/h3-8,10-11H,1,9,12H2,2H3,(H,20,22). The number of methoxy groups -OCH3 is 1. The van der Waals surface area contributed by atoms with Crippen molar-refractivity contribution in [2.45, 2.75) is 13.1 Å². The van der Waals surface area contributed by atoms with Crippen molar-refractivity contribution < 1.29 is 13.9 Å². The molecule has 0 aliphatic carbocycles. The number of amides is 1. The number of ether oxygens (including phenoxy) is 1. The third kappa shape index (κ3) is 3.47. The van der Waals surface area contributed by atoms with E-state index in [0.717, 1.165) is 11.3 Å². The van der Waals surface area contributed by atoms with Crippen LogP contribution in [-0.4, -0.2) is 17.6 Å². The lowest BCUT2D eigenvalue weighted by atomic mass is 10.1. The third-order valence-electron chi connectivity index (χ3n) is 3.83. The highest BCUT2D eigenvalue weighted by Gasteiger charge is 2.12. The second-order valence-electron chi connectivity index (χ2n) is 5.48. The topological polar surface area (TPSA) is 73.5 Å². The second kappa shape index (κ2) is 7.09. The van der Waals surface area contributed by atoms with Gasteiger partial charge in [0.25, 0.3) is 5.91 Å². The van der Waals surface area contributed by atoms with E-state index in [9.17, 15) is 9.59 Å². The Morgan fingerprint density at radius 2 is 2.16 bits per heavy atom. The molecule has 128 valence electrons. The lowest BCUT2D eigenvalue weighted by Crippen LogP contribution is -2.22. The SMILES string of the molecule is C=CCn1c(=O)oc2ccc(C(=O)NCc3cccc(OC)c3)cc21. The van der Waals surface area contributed by atoms with Gasteiger partial charge in [0, 0.05) is 18.7 Å². The first-order valence-corrected chi connectivity index (χ1v) is 7.78. The van der Waals surface area contributed by atoms with Gasteiger partial charge < -0.3 is 14.5 Å². The number of allylic oxidation sites excluding steroid dienone is 1. The van der Waals surface area contributed by atoms with Crippen LogP contribution in [0.25, 0.3) is 11.1 Å². The maximum absolute atomic E-state index is 12.4. The van der Waals surface area contributed by atoms with E-state index in [4.69, 9.17) is 9.15 Å². The Kier molecular flexibility index (Phi) is 4.70. The van der Waals surface area contributed by atoms with E-state index >= 15 is 0 Å². The molecule has 25 heavy (non-hydrogen) atoms. The van der Waals surface area contributed by atoms with Crippen LogP contribution in [0.4, 0.5) is 0 Å². The zero-order valence-corrected chi connectivity index (χ0v) is 13.8. The molecule has 3 aromatic rings. The Bertz CT molecular complexity index is 984. The Morgan fingerprint density at radius 3 is 2.92 bits per heavy atom. The normalized spacial score (nSPS) is 10.6. The van der Waals surface area contributed by atoms with Gasteiger partial charge in [-0.25, -0.2) is 4.79 Å². The minimum absolute atomic E-state index is 0.233. The van der Waals surface area contributed by atoms with E-state index in [0.29, 0.717) is 29.8 Å². The first-order chi connectivity index (χ1) is 12.1. The van der Waals surface area contributed by atoms with Crippen LogP contribution in [0.1, 0.15) is 15.9 Å². The predicted molar refractivity (Wildman–Crippen MR) is 94.8 cm³/mol. The first-order valence-electron chi connectivity index (χ1n) is 7.78. The lowest BCUT2D eigenvalue weighted by molar-refractivity contribution is 0.0951. The molecule has 0 bridgehead atoms. The molecule has 3 rings (SSSR count). The van der Waals surface area contributed by atoms with Crippen molar-refractivity contribution in [1.82, 2.24) is 9.88 Å². The van der Waals surface area contributed by atoms with E-state index in [1.54, 1.807) is 31.4 Å². The molecule has 0 radical (unpaired) electrons. The van der Waals surface area contributed by atoms with Gasteiger partial charge in [0.1, 0.15) is 5.75 Å². The number of hydrogen-bond acceptors (Lipinski definition) is 4. The van der Waals surface area contributed by atoms with Crippen LogP contribution in [0.2, 0.25) is 0 Å². The van der Waals surface area contributed by atoms with Crippen LogP contribution in [0.3, 0.4) is 0 Å². The summed E-state index contributed by atoms with van der Waals surface area (Å²) in [5.41, 5.74) is 2.39. The van der Waals surface area contributed by atoms with Gasteiger partial charge in [-0.3, -0.25) is 9.36 Å². The number of carbonyl (C=O) groups is 1. The molecular formula is C19H18N2O4. The Balaban J connectivity index is 1.80. The molecule has 6 nitrogen and oxygen atoms in total. The fourth-order valence-corrected chi connectivity index (χ4v) is 2.57. The molecule has 6 heteroatoms. The number of nitrogens with one attached hydrogen (secondary N) is 1. The van der Waals surface area contributed by atoms with Crippen LogP contribution in [0.5, 0.6) is 5.75 Å². The highest BCUT2D eigenvalue weighted by Crippen LogP contribution is 2.16. The zero-order chi connectivity index (χ0) is 17.8. The molecule has 0 atom stereocenters. The van der Waals surface area contributed by atoms with Crippen LogP contribution in [0, 0.1) is 0 Å². The van der Waals surface area contributed by atoms with Gasteiger partial charge in [0.15, 0.2) is 5.58 Å². The monoisotopic (exact) mass is 338 g/mol. The molecule has 2 aromatic carbocycles. The molecule has 1 aromatic heterocycles. The fourth-order valence-electron chi connectivity index (χ4n) is 2.57. The highest BCUT2D eigenvalue weighted by atomic mass is 16.5. The number of carbonyl (C=O) groups excluding carboxylic acids is 1. The molecular weight excluding hydrogens is 320 g/mol. The molecule has 0 spiro atoms. The van der Waals surface area contributed by atoms with Crippen LogP contribution < -0.4 is 15.8 Å². The van der Waals surface area contributed by atoms with E-state index in [1.807, 2.05) is 24.3 Å². The summed E-state index contributed by atoms with van der Waals surface area (Å²) in [5, 5.41) is 2.86.